The normalized spacial score (nSPS) is 10.5. The predicted molar refractivity (Wildman–Crippen MR) is 55.6 cm³/mol. The number of unbranched alkanes of at least 4 members (excludes halogenated alkanes) is 4. The predicted octanol–water partition coefficient (Wildman–Crippen LogP) is 3.42. The Morgan fingerprint density at radius 3 is 2.33 bits per heavy atom. The van der Waals surface area contributed by atoms with Gasteiger partial charge in [0.1, 0.15) is 0 Å². The molecular weight excluding hydrogens is 255 g/mol. The number of hydrogen-bond donors (Lipinski definition) is 0. The Bertz CT molecular complexity index is 66.2. The Morgan fingerprint density at radius 2 is 1.67 bits per heavy atom. The Labute approximate surface area is 88.0 Å². The molecule has 0 rings (SSSR count). The van der Waals surface area contributed by atoms with E-state index in [1.165, 1.54) is 43.0 Å². The van der Waals surface area contributed by atoms with Gasteiger partial charge < -0.3 is 0 Å². The van der Waals surface area contributed by atoms with Gasteiger partial charge in [0.2, 0.25) is 0 Å². The zero-order valence-electron chi connectivity index (χ0n) is 8.57. The van der Waals surface area contributed by atoms with Gasteiger partial charge in [-0.15, -0.1) is 0 Å². The van der Waals surface area contributed by atoms with Gasteiger partial charge in [-0.1, -0.05) is 0 Å². The molecule has 0 aromatic carbocycles. The van der Waals surface area contributed by atoms with Gasteiger partial charge in [-0.05, 0) is 0 Å². The van der Waals surface area contributed by atoms with Crippen molar-refractivity contribution < 1.29 is 3.07 Å². The fourth-order valence-electron chi connectivity index (χ4n) is 1.02. The summed E-state index contributed by atoms with van der Waals surface area (Å²) in [6.45, 7) is 5.55. The molecule has 0 saturated heterocycles. The van der Waals surface area contributed by atoms with Crippen molar-refractivity contribution in [2.24, 2.45) is 0 Å². The van der Waals surface area contributed by atoms with E-state index < -0.39 is 0 Å². The maximum atomic E-state index is 5.62. The molecule has 12 heavy (non-hydrogen) atoms. The topological polar surface area (TPSA) is 9.23 Å². The molecule has 0 N–H and O–H groups in total. The van der Waals surface area contributed by atoms with Crippen molar-refractivity contribution in [3.8, 4) is 0 Å². The summed E-state index contributed by atoms with van der Waals surface area (Å²) in [7, 11) is 0. The average molecular weight is 277 g/mol. The summed E-state index contributed by atoms with van der Waals surface area (Å²) in [4.78, 5) is 0. The molecule has 0 atom stereocenters. The van der Waals surface area contributed by atoms with Crippen molar-refractivity contribution in [1.82, 2.24) is 0 Å². The minimum absolute atomic E-state index is 0.373. The molecular formula is C10H22OSn. The second-order valence-electron chi connectivity index (χ2n) is 3.16. The van der Waals surface area contributed by atoms with Crippen LogP contribution in [0.5, 0.6) is 0 Å². The first-order valence-corrected chi connectivity index (χ1v) is 8.44. The van der Waals surface area contributed by atoms with Crippen molar-refractivity contribution in [2.45, 2.75) is 56.8 Å². The van der Waals surface area contributed by atoms with E-state index in [0.717, 1.165) is 6.61 Å². The van der Waals surface area contributed by atoms with Gasteiger partial charge in [-0.3, -0.25) is 0 Å². The van der Waals surface area contributed by atoms with E-state index in [2.05, 4.69) is 13.8 Å². The quantitative estimate of drug-likeness (QED) is 0.463. The summed E-state index contributed by atoms with van der Waals surface area (Å²) in [6.07, 6.45) is 8.13. The van der Waals surface area contributed by atoms with Gasteiger partial charge in [0, 0.05) is 0 Å². The Balaban J connectivity index is 2.73. The maximum absolute atomic E-state index is 5.62. The van der Waals surface area contributed by atoms with E-state index >= 15 is 0 Å². The molecule has 0 aliphatic carbocycles. The first-order valence-electron chi connectivity index (χ1n) is 5.26. The van der Waals surface area contributed by atoms with Crippen LogP contribution in [-0.2, 0) is 3.07 Å². The number of hydrogen-bond acceptors (Lipinski definition) is 1. The van der Waals surface area contributed by atoms with Crippen LogP contribution in [0.2, 0.25) is 4.44 Å². The Kier molecular flexibility index (Phi) is 12.5. The van der Waals surface area contributed by atoms with Crippen molar-refractivity contribution >= 4 is 21.6 Å². The Morgan fingerprint density at radius 1 is 0.917 bits per heavy atom. The van der Waals surface area contributed by atoms with Gasteiger partial charge in [-0.25, -0.2) is 0 Å². The molecule has 0 heterocycles. The molecule has 72 valence electrons. The van der Waals surface area contributed by atoms with Gasteiger partial charge in [0.15, 0.2) is 0 Å². The molecule has 0 saturated carbocycles. The summed E-state index contributed by atoms with van der Waals surface area (Å²) < 4.78 is 7.01. The van der Waals surface area contributed by atoms with E-state index in [1.54, 1.807) is 0 Å². The van der Waals surface area contributed by atoms with Crippen LogP contribution in [0.4, 0.5) is 0 Å². The molecule has 2 heteroatoms. The number of rotatable bonds is 9. The molecule has 0 aromatic heterocycles. The molecule has 1 nitrogen and oxygen atoms in total. The fraction of sp³-hybridized carbons (Fsp3) is 1.00. The Hall–Kier alpha value is 0.759. The molecule has 0 fully saturated rings. The van der Waals surface area contributed by atoms with E-state index in [4.69, 9.17) is 3.07 Å². The van der Waals surface area contributed by atoms with Crippen molar-refractivity contribution in [3.63, 3.8) is 0 Å². The van der Waals surface area contributed by atoms with Gasteiger partial charge in [-0.2, -0.15) is 0 Å². The van der Waals surface area contributed by atoms with Crippen molar-refractivity contribution in [1.29, 1.82) is 0 Å². The molecule has 2 radical (unpaired) electrons. The zero-order valence-corrected chi connectivity index (χ0v) is 11.4. The van der Waals surface area contributed by atoms with Crippen LogP contribution in [0.3, 0.4) is 0 Å². The molecule has 0 aliphatic rings. The molecule has 0 unspecified atom stereocenters. The third-order valence-corrected chi connectivity index (χ3v) is 4.98. The SMILES string of the molecule is CCCCCCC[O][Sn][CH2]CC. The summed E-state index contributed by atoms with van der Waals surface area (Å²) >= 11 is -0.373. The van der Waals surface area contributed by atoms with E-state index in [9.17, 15) is 0 Å². The average Bonchev–Trinajstić information content (AvgIpc) is 2.10. The van der Waals surface area contributed by atoms with Crippen LogP contribution in [0.1, 0.15) is 52.4 Å². The van der Waals surface area contributed by atoms with Crippen LogP contribution < -0.4 is 0 Å². The molecule has 0 aliphatic heterocycles. The summed E-state index contributed by atoms with van der Waals surface area (Å²) in [5, 5.41) is 0. The van der Waals surface area contributed by atoms with E-state index in [1.807, 2.05) is 0 Å². The summed E-state index contributed by atoms with van der Waals surface area (Å²) in [5.74, 6) is 0. The van der Waals surface area contributed by atoms with E-state index in [0.29, 0.717) is 0 Å². The summed E-state index contributed by atoms with van der Waals surface area (Å²) in [6, 6.07) is 0. The van der Waals surface area contributed by atoms with Gasteiger partial charge in [0.05, 0.1) is 0 Å². The first-order chi connectivity index (χ1) is 5.91. The molecule has 0 spiro atoms. The third kappa shape index (κ3) is 10.8. The molecule has 0 amide bonds. The molecule has 0 aromatic rings. The summed E-state index contributed by atoms with van der Waals surface area (Å²) in [5.41, 5.74) is 0. The van der Waals surface area contributed by atoms with Crippen LogP contribution in [0.25, 0.3) is 0 Å². The molecule has 0 bridgehead atoms. The van der Waals surface area contributed by atoms with E-state index in [-0.39, 0.29) is 21.6 Å². The van der Waals surface area contributed by atoms with Crippen molar-refractivity contribution in [3.05, 3.63) is 0 Å². The van der Waals surface area contributed by atoms with Gasteiger partial charge in [0.25, 0.3) is 0 Å². The second-order valence-corrected chi connectivity index (χ2v) is 6.23. The standard InChI is InChI=1S/C7H15O.C3H7.Sn/c1-2-3-4-5-6-7-8;1-3-2;/h2-7H2,1H3;1,3H2,2H3;/q-1;;+1. The van der Waals surface area contributed by atoms with Crippen LogP contribution in [-0.4, -0.2) is 28.2 Å². The fourth-order valence-corrected chi connectivity index (χ4v) is 2.84. The monoisotopic (exact) mass is 278 g/mol. The van der Waals surface area contributed by atoms with Crippen LogP contribution >= 0.6 is 0 Å². The van der Waals surface area contributed by atoms with Crippen molar-refractivity contribution in [2.75, 3.05) is 6.61 Å². The van der Waals surface area contributed by atoms with Crippen LogP contribution in [0.15, 0.2) is 0 Å². The third-order valence-electron chi connectivity index (χ3n) is 1.80. The van der Waals surface area contributed by atoms with Crippen LogP contribution in [0, 0.1) is 0 Å². The minimum atomic E-state index is -0.373. The first kappa shape index (κ1) is 12.8. The second kappa shape index (κ2) is 11.8. The van der Waals surface area contributed by atoms with Gasteiger partial charge >= 0.3 is 88.0 Å². The zero-order chi connectivity index (χ0) is 9.07.